The Labute approximate surface area is 170 Å². The van der Waals surface area contributed by atoms with Gasteiger partial charge in [0.15, 0.2) is 0 Å². The van der Waals surface area contributed by atoms with Gasteiger partial charge in [0.1, 0.15) is 5.75 Å². The lowest BCUT2D eigenvalue weighted by Gasteiger charge is -2.48. The first kappa shape index (κ1) is 18.5. The molecule has 4 heterocycles. The van der Waals surface area contributed by atoms with E-state index in [1.165, 1.54) is 7.11 Å². The molecule has 5 rings (SSSR count). The number of piperidine rings is 1. The van der Waals surface area contributed by atoms with Crippen LogP contribution in [-0.2, 0) is 24.5 Å². The number of carbonyl (C=O) groups is 2. The zero-order chi connectivity index (χ0) is 20.3. The normalized spacial score (nSPS) is 35.1. The molecular formula is C22H26N2O5. The number of nitrogens with one attached hydrogen (secondary N) is 1. The zero-order valence-electron chi connectivity index (χ0n) is 16.9. The Morgan fingerprint density at radius 2 is 2.17 bits per heavy atom. The van der Waals surface area contributed by atoms with Gasteiger partial charge in [-0.2, -0.15) is 0 Å². The minimum atomic E-state index is -0.613. The monoisotopic (exact) mass is 398 g/mol. The van der Waals surface area contributed by atoms with Gasteiger partial charge >= 0.3 is 5.97 Å². The van der Waals surface area contributed by atoms with E-state index in [4.69, 9.17) is 14.2 Å². The van der Waals surface area contributed by atoms with Crippen molar-refractivity contribution >= 4 is 17.6 Å². The van der Waals surface area contributed by atoms with Crippen LogP contribution >= 0.6 is 0 Å². The molecule has 2 saturated heterocycles. The molecule has 5 atom stereocenters. The van der Waals surface area contributed by atoms with Crippen molar-refractivity contribution in [2.24, 2.45) is 11.8 Å². The summed E-state index contributed by atoms with van der Waals surface area (Å²) in [5.41, 5.74) is 1.85. The molecule has 7 nitrogen and oxygen atoms in total. The number of esters is 1. The Hall–Kier alpha value is -2.54. The van der Waals surface area contributed by atoms with Crippen LogP contribution in [0.1, 0.15) is 25.3 Å². The van der Waals surface area contributed by atoms with Gasteiger partial charge in [-0.3, -0.25) is 9.69 Å². The van der Waals surface area contributed by atoms with Gasteiger partial charge < -0.3 is 19.5 Å². The van der Waals surface area contributed by atoms with Crippen molar-refractivity contribution in [3.63, 3.8) is 0 Å². The smallest absolute Gasteiger partial charge is 0.337 e. The second-order valence-electron chi connectivity index (χ2n) is 8.51. The van der Waals surface area contributed by atoms with Crippen molar-refractivity contribution in [2.75, 3.05) is 32.6 Å². The minimum Gasteiger partial charge on any atom is -0.497 e. The van der Waals surface area contributed by atoms with Gasteiger partial charge in [-0.25, -0.2) is 4.79 Å². The quantitative estimate of drug-likeness (QED) is 0.769. The maximum atomic E-state index is 13.3. The number of fused-ring (bicyclic) bond motifs is 5. The standard InChI is InChI=1S/C22H26N2O5/c1-12-15-10-24-7-6-22(17-8-13(27-2)4-5-18(17)23-21(22)26)19(24)9-14(15)16(11-29-12)20(25)28-3/h4-5,8,11-12,14-15,19H,6-7,9-10H2,1-3H3,(H,23,26)/t12-,14-,15+,19-,22+/m0/s1. The molecule has 1 N–H and O–H groups in total. The molecule has 0 radical (unpaired) electrons. The number of nitrogens with zero attached hydrogens (tertiary/aromatic N) is 1. The van der Waals surface area contributed by atoms with Crippen LogP contribution in [0, 0.1) is 11.8 Å². The van der Waals surface area contributed by atoms with E-state index in [9.17, 15) is 9.59 Å². The molecule has 0 unspecified atom stereocenters. The molecule has 0 aromatic heterocycles. The molecule has 2 fully saturated rings. The van der Waals surface area contributed by atoms with E-state index in [0.29, 0.717) is 5.57 Å². The summed E-state index contributed by atoms with van der Waals surface area (Å²) >= 11 is 0. The van der Waals surface area contributed by atoms with Crippen LogP contribution in [0.25, 0.3) is 0 Å². The van der Waals surface area contributed by atoms with Crippen molar-refractivity contribution in [3.05, 3.63) is 35.6 Å². The van der Waals surface area contributed by atoms with Crippen LogP contribution in [0.4, 0.5) is 5.69 Å². The average molecular weight is 398 g/mol. The van der Waals surface area contributed by atoms with Crippen molar-refractivity contribution in [3.8, 4) is 5.75 Å². The third kappa shape index (κ3) is 2.46. The molecule has 4 aliphatic rings. The maximum absolute atomic E-state index is 13.3. The Morgan fingerprint density at radius 3 is 2.93 bits per heavy atom. The molecule has 0 saturated carbocycles. The molecule has 0 bridgehead atoms. The summed E-state index contributed by atoms with van der Waals surface area (Å²) in [6, 6.07) is 5.81. The topological polar surface area (TPSA) is 77.1 Å². The summed E-state index contributed by atoms with van der Waals surface area (Å²) in [6.45, 7) is 3.71. The summed E-state index contributed by atoms with van der Waals surface area (Å²) in [6.07, 6.45) is 3.08. The third-order valence-corrected chi connectivity index (χ3v) is 7.44. The van der Waals surface area contributed by atoms with Gasteiger partial charge in [0, 0.05) is 30.1 Å². The number of ether oxygens (including phenoxy) is 3. The highest BCUT2D eigenvalue weighted by atomic mass is 16.5. The predicted molar refractivity (Wildman–Crippen MR) is 106 cm³/mol. The molecule has 0 aliphatic carbocycles. The molecule has 29 heavy (non-hydrogen) atoms. The summed E-state index contributed by atoms with van der Waals surface area (Å²) in [5.74, 6) is 0.682. The van der Waals surface area contributed by atoms with Gasteiger partial charge in [-0.15, -0.1) is 0 Å². The van der Waals surface area contributed by atoms with Crippen molar-refractivity contribution in [1.82, 2.24) is 4.90 Å². The summed E-state index contributed by atoms with van der Waals surface area (Å²) < 4.78 is 16.2. The molecule has 1 aromatic rings. The molecule has 1 aromatic carbocycles. The van der Waals surface area contributed by atoms with E-state index in [1.54, 1.807) is 13.4 Å². The van der Waals surface area contributed by atoms with Crippen LogP contribution in [0.15, 0.2) is 30.0 Å². The van der Waals surface area contributed by atoms with Crippen molar-refractivity contribution in [2.45, 2.75) is 37.3 Å². The van der Waals surface area contributed by atoms with Crippen LogP contribution in [0.3, 0.4) is 0 Å². The molecule has 154 valence electrons. The number of hydrogen-bond acceptors (Lipinski definition) is 6. The van der Waals surface area contributed by atoms with Gasteiger partial charge in [-0.05, 0) is 50.1 Å². The highest BCUT2D eigenvalue weighted by Gasteiger charge is 2.61. The van der Waals surface area contributed by atoms with Crippen molar-refractivity contribution < 1.29 is 23.8 Å². The molecule has 7 heteroatoms. The van der Waals surface area contributed by atoms with Crippen LogP contribution in [0.2, 0.25) is 0 Å². The molecule has 4 aliphatic heterocycles. The second kappa shape index (κ2) is 6.49. The third-order valence-electron chi connectivity index (χ3n) is 7.44. The number of hydrogen-bond donors (Lipinski definition) is 1. The summed E-state index contributed by atoms with van der Waals surface area (Å²) in [7, 11) is 3.04. The average Bonchev–Trinajstić information content (AvgIpc) is 3.25. The van der Waals surface area contributed by atoms with Crippen LogP contribution < -0.4 is 10.1 Å². The SMILES string of the molecule is COC(=O)C1=CO[C@@H](C)[C@H]2CN3CC[C@]4(C(=O)Nc5ccc(OC)cc54)[C@@H]3C[C@H]12. The fraction of sp³-hybridized carbons (Fsp3) is 0.545. The number of amides is 1. The van der Waals surface area contributed by atoms with Gasteiger partial charge in [0.05, 0.1) is 37.6 Å². The van der Waals surface area contributed by atoms with Gasteiger partial charge in [-0.1, -0.05) is 0 Å². The van der Waals surface area contributed by atoms with Gasteiger partial charge in [0.25, 0.3) is 0 Å². The Bertz CT molecular complexity index is 912. The predicted octanol–water partition coefficient (Wildman–Crippen LogP) is 2.07. The summed E-state index contributed by atoms with van der Waals surface area (Å²) in [4.78, 5) is 28.1. The lowest BCUT2D eigenvalue weighted by molar-refractivity contribution is -0.139. The molecule has 1 amide bonds. The number of benzene rings is 1. The number of anilines is 1. The first-order valence-corrected chi connectivity index (χ1v) is 10.2. The van der Waals surface area contributed by atoms with Crippen LogP contribution in [0.5, 0.6) is 5.75 Å². The largest absolute Gasteiger partial charge is 0.497 e. The van der Waals surface area contributed by atoms with Crippen molar-refractivity contribution in [1.29, 1.82) is 0 Å². The lowest BCUT2D eigenvalue weighted by atomic mass is 9.66. The lowest BCUT2D eigenvalue weighted by Crippen LogP contribution is -2.56. The first-order valence-electron chi connectivity index (χ1n) is 10.2. The fourth-order valence-corrected chi connectivity index (χ4v) is 5.92. The molecular weight excluding hydrogens is 372 g/mol. The van der Waals surface area contributed by atoms with E-state index < -0.39 is 5.41 Å². The number of carbonyl (C=O) groups excluding carboxylic acids is 2. The van der Waals surface area contributed by atoms with Gasteiger partial charge in [0.2, 0.25) is 5.91 Å². The first-order chi connectivity index (χ1) is 14.0. The Kier molecular flexibility index (Phi) is 4.13. The van der Waals surface area contributed by atoms with E-state index >= 15 is 0 Å². The van der Waals surface area contributed by atoms with E-state index in [1.807, 2.05) is 18.2 Å². The number of methoxy groups -OCH3 is 2. The maximum Gasteiger partial charge on any atom is 0.337 e. The van der Waals surface area contributed by atoms with Crippen LogP contribution in [-0.4, -0.2) is 56.2 Å². The highest BCUT2D eigenvalue weighted by molar-refractivity contribution is 6.07. The molecule has 1 spiro atoms. The summed E-state index contributed by atoms with van der Waals surface area (Å²) in [5, 5.41) is 3.09. The van der Waals surface area contributed by atoms with E-state index in [0.717, 1.165) is 42.9 Å². The number of rotatable bonds is 2. The Morgan fingerprint density at radius 1 is 1.34 bits per heavy atom. The second-order valence-corrected chi connectivity index (χ2v) is 8.51. The van der Waals surface area contributed by atoms with E-state index in [-0.39, 0.29) is 35.9 Å². The zero-order valence-corrected chi connectivity index (χ0v) is 16.9. The Balaban J connectivity index is 1.56. The fourth-order valence-electron chi connectivity index (χ4n) is 5.92. The van der Waals surface area contributed by atoms with E-state index in [2.05, 4.69) is 17.1 Å². The minimum absolute atomic E-state index is 0.0184. The highest BCUT2D eigenvalue weighted by Crippen LogP contribution is 2.54.